The highest BCUT2D eigenvalue weighted by molar-refractivity contribution is 5.89. The van der Waals surface area contributed by atoms with Crippen molar-refractivity contribution in [1.82, 2.24) is 14.8 Å². The van der Waals surface area contributed by atoms with E-state index in [1.54, 1.807) is 12.3 Å². The van der Waals surface area contributed by atoms with Crippen LogP contribution in [0.2, 0.25) is 0 Å². The lowest BCUT2D eigenvalue weighted by molar-refractivity contribution is -0.116. The second kappa shape index (κ2) is 5.86. The minimum absolute atomic E-state index is 0.0224. The van der Waals surface area contributed by atoms with Crippen LogP contribution in [0, 0.1) is 20.8 Å². The zero-order valence-electron chi connectivity index (χ0n) is 12.3. The fourth-order valence-electron chi connectivity index (χ4n) is 2.18. The van der Waals surface area contributed by atoms with Crippen molar-refractivity contribution < 1.29 is 4.79 Å². The van der Waals surface area contributed by atoms with E-state index in [1.807, 2.05) is 44.5 Å². The van der Waals surface area contributed by atoms with Crippen LogP contribution in [0.15, 0.2) is 24.4 Å². The lowest BCUT2D eigenvalue weighted by atomic mass is 10.2. The monoisotopic (exact) mass is 272 g/mol. The van der Waals surface area contributed by atoms with Gasteiger partial charge in [-0.2, -0.15) is 5.10 Å². The van der Waals surface area contributed by atoms with Gasteiger partial charge in [0.25, 0.3) is 0 Å². The standard InChI is InChI=1S/C15H20N4O/c1-10-5-6-14(16-9-10)17-15(20)8-13(4)19-12(3)7-11(2)18-19/h5-7,9,13H,8H2,1-4H3,(H,16,17,20). The summed E-state index contributed by atoms with van der Waals surface area (Å²) in [6, 6.07) is 5.76. The Morgan fingerprint density at radius 2 is 2.10 bits per heavy atom. The highest BCUT2D eigenvalue weighted by Gasteiger charge is 2.14. The van der Waals surface area contributed by atoms with Crippen molar-refractivity contribution in [2.24, 2.45) is 0 Å². The summed E-state index contributed by atoms with van der Waals surface area (Å²) in [5, 5.41) is 7.21. The fraction of sp³-hybridized carbons (Fsp3) is 0.400. The number of amides is 1. The summed E-state index contributed by atoms with van der Waals surface area (Å²) in [5.74, 6) is 0.530. The summed E-state index contributed by atoms with van der Waals surface area (Å²) >= 11 is 0. The van der Waals surface area contributed by atoms with E-state index in [1.165, 1.54) is 0 Å². The maximum Gasteiger partial charge on any atom is 0.227 e. The number of aromatic nitrogens is 3. The molecule has 0 aliphatic carbocycles. The molecule has 0 aliphatic rings. The number of rotatable bonds is 4. The number of hydrogen-bond donors (Lipinski definition) is 1. The zero-order chi connectivity index (χ0) is 14.7. The smallest absolute Gasteiger partial charge is 0.227 e. The fourth-order valence-corrected chi connectivity index (χ4v) is 2.18. The molecule has 1 amide bonds. The third kappa shape index (κ3) is 3.44. The number of aryl methyl sites for hydroxylation is 3. The molecular weight excluding hydrogens is 252 g/mol. The molecule has 2 rings (SSSR count). The molecule has 1 unspecified atom stereocenters. The molecule has 1 atom stereocenters. The van der Waals surface area contributed by atoms with E-state index in [2.05, 4.69) is 15.4 Å². The largest absolute Gasteiger partial charge is 0.311 e. The normalized spacial score (nSPS) is 12.2. The molecule has 0 fully saturated rings. The molecule has 20 heavy (non-hydrogen) atoms. The van der Waals surface area contributed by atoms with Gasteiger partial charge in [-0.05, 0) is 45.4 Å². The number of anilines is 1. The van der Waals surface area contributed by atoms with Crippen molar-refractivity contribution in [3.63, 3.8) is 0 Å². The molecular formula is C15H20N4O. The van der Waals surface area contributed by atoms with Crippen LogP contribution >= 0.6 is 0 Å². The number of carbonyl (C=O) groups excluding carboxylic acids is 1. The molecule has 106 valence electrons. The van der Waals surface area contributed by atoms with E-state index in [-0.39, 0.29) is 11.9 Å². The highest BCUT2D eigenvalue weighted by Crippen LogP contribution is 2.15. The lowest BCUT2D eigenvalue weighted by Gasteiger charge is -2.14. The van der Waals surface area contributed by atoms with Gasteiger partial charge in [-0.15, -0.1) is 0 Å². The first-order chi connectivity index (χ1) is 9.45. The second-order valence-corrected chi connectivity index (χ2v) is 5.19. The van der Waals surface area contributed by atoms with Gasteiger partial charge in [-0.25, -0.2) is 4.98 Å². The van der Waals surface area contributed by atoms with Gasteiger partial charge in [-0.1, -0.05) is 6.07 Å². The Bertz CT molecular complexity index is 601. The van der Waals surface area contributed by atoms with E-state index < -0.39 is 0 Å². The number of nitrogens with one attached hydrogen (secondary N) is 1. The van der Waals surface area contributed by atoms with E-state index in [0.717, 1.165) is 17.0 Å². The van der Waals surface area contributed by atoms with Crippen molar-refractivity contribution in [3.8, 4) is 0 Å². The zero-order valence-corrected chi connectivity index (χ0v) is 12.3. The molecule has 0 saturated heterocycles. The van der Waals surface area contributed by atoms with Crippen molar-refractivity contribution in [2.45, 2.75) is 40.2 Å². The minimum Gasteiger partial charge on any atom is -0.311 e. The molecule has 1 N–H and O–H groups in total. The molecule has 2 aromatic heterocycles. The van der Waals surface area contributed by atoms with E-state index >= 15 is 0 Å². The Balaban J connectivity index is 1.97. The van der Waals surface area contributed by atoms with Gasteiger partial charge in [0.1, 0.15) is 5.82 Å². The quantitative estimate of drug-likeness (QED) is 0.931. The Hall–Kier alpha value is -2.17. The Kier molecular flexibility index (Phi) is 4.17. The van der Waals surface area contributed by atoms with Gasteiger partial charge in [-0.3, -0.25) is 9.48 Å². The first kappa shape index (κ1) is 14.2. The summed E-state index contributed by atoms with van der Waals surface area (Å²) in [4.78, 5) is 16.2. The van der Waals surface area contributed by atoms with Gasteiger partial charge >= 0.3 is 0 Å². The first-order valence-corrected chi connectivity index (χ1v) is 6.71. The molecule has 0 aromatic carbocycles. The van der Waals surface area contributed by atoms with Crippen molar-refractivity contribution >= 4 is 11.7 Å². The molecule has 0 aliphatic heterocycles. The Labute approximate surface area is 119 Å². The maximum atomic E-state index is 12.0. The maximum absolute atomic E-state index is 12.0. The van der Waals surface area contributed by atoms with E-state index in [4.69, 9.17) is 0 Å². The predicted molar refractivity (Wildman–Crippen MR) is 78.6 cm³/mol. The summed E-state index contributed by atoms with van der Waals surface area (Å²) in [6.07, 6.45) is 2.11. The SMILES string of the molecule is Cc1ccc(NC(=O)CC(C)n2nc(C)cc2C)nc1. The molecule has 0 radical (unpaired) electrons. The van der Waals surface area contributed by atoms with Crippen LogP contribution in [-0.4, -0.2) is 20.7 Å². The third-order valence-electron chi connectivity index (χ3n) is 3.12. The summed E-state index contributed by atoms with van der Waals surface area (Å²) in [6.45, 7) is 7.90. The van der Waals surface area contributed by atoms with Gasteiger partial charge in [0.2, 0.25) is 5.91 Å². The second-order valence-electron chi connectivity index (χ2n) is 5.19. The molecule has 5 nitrogen and oxygen atoms in total. The van der Waals surface area contributed by atoms with Gasteiger partial charge in [0.05, 0.1) is 11.7 Å². The van der Waals surface area contributed by atoms with Crippen molar-refractivity contribution in [3.05, 3.63) is 41.3 Å². The summed E-state index contributed by atoms with van der Waals surface area (Å²) in [7, 11) is 0. The minimum atomic E-state index is -0.0543. The number of hydrogen-bond acceptors (Lipinski definition) is 3. The predicted octanol–water partition coefficient (Wildman–Crippen LogP) is 2.79. The molecule has 0 saturated carbocycles. The van der Waals surface area contributed by atoms with Crippen LogP contribution in [0.1, 0.15) is 36.3 Å². The molecule has 0 bridgehead atoms. The van der Waals surface area contributed by atoms with Crippen LogP contribution in [0.25, 0.3) is 0 Å². The summed E-state index contributed by atoms with van der Waals surface area (Å²) < 4.78 is 1.89. The van der Waals surface area contributed by atoms with Crippen LogP contribution in [-0.2, 0) is 4.79 Å². The van der Waals surface area contributed by atoms with Gasteiger partial charge in [0, 0.05) is 18.3 Å². The molecule has 2 aromatic rings. The molecule has 2 heterocycles. The van der Waals surface area contributed by atoms with Crippen molar-refractivity contribution in [2.75, 3.05) is 5.32 Å². The molecule has 0 spiro atoms. The Morgan fingerprint density at radius 3 is 2.65 bits per heavy atom. The van der Waals surface area contributed by atoms with Crippen LogP contribution < -0.4 is 5.32 Å². The van der Waals surface area contributed by atoms with Crippen molar-refractivity contribution in [1.29, 1.82) is 0 Å². The number of nitrogens with zero attached hydrogens (tertiary/aromatic N) is 3. The first-order valence-electron chi connectivity index (χ1n) is 6.71. The van der Waals surface area contributed by atoms with Crippen LogP contribution in [0.3, 0.4) is 0 Å². The lowest BCUT2D eigenvalue weighted by Crippen LogP contribution is -2.19. The van der Waals surface area contributed by atoms with E-state index in [0.29, 0.717) is 12.2 Å². The van der Waals surface area contributed by atoms with E-state index in [9.17, 15) is 4.79 Å². The number of pyridine rings is 1. The molecule has 5 heteroatoms. The Morgan fingerprint density at radius 1 is 1.35 bits per heavy atom. The average Bonchev–Trinajstić information content (AvgIpc) is 2.71. The van der Waals surface area contributed by atoms with Gasteiger partial charge in [0.15, 0.2) is 0 Å². The average molecular weight is 272 g/mol. The number of carbonyl (C=O) groups is 1. The topological polar surface area (TPSA) is 59.8 Å². The third-order valence-corrected chi connectivity index (χ3v) is 3.12. The van der Waals surface area contributed by atoms with Gasteiger partial charge < -0.3 is 5.32 Å². The van der Waals surface area contributed by atoms with Crippen LogP contribution in [0.5, 0.6) is 0 Å². The summed E-state index contributed by atoms with van der Waals surface area (Å²) in [5.41, 5.74) is 3.10. The van der Waals surface area contributed by atoms with Crippen LogP contribution in [0.4, 0.5) is 5.82 Å². The highest BCUT2D eigenvalue weighted by atomic mass is 16.1.